The van der Waals surface area contributed by atoms with Gasteiger partial charge in [0.15, 0.2) is 5.11 Å². The van der Waals surface area contributed by atoms with Gasteiger partial charge in [-0.1, -0.05) is 26.8 Å². The maximum absolute atomic E-state index is 12.5. The van der Waals surface area contributed by atoms with Crippen LogP contribution in [0.5, 0.6) is 5.75 Å². The van der Waals surface area contributed by atoms with E-state index in [4.69, 9.17) is 21.7 Å². The lowest BCUT2D eigenvalue weighted by Crippen LogP contribution is -2.34. The highest BCUT2D eigenvalue weighted by molar-refractivity contribution is 7.80. The Balaban J connectivity index is 1.88. The molecule has 0 unspecified atom stereocenters. The summed E-state index contributed by atoms with van der Waals surface area (Å²) in [5.74, 6) is 0.500. The summed E-state index contributed by atoms with van der Waals surface area (Å²) in [6.07, 6.45) is 1.71. The normalized spacial score (nSPS) is 10.4. The molecule has 0 aromatic heterocycles. The van der Waals surface area contributed by atoms with Gasteiger partial charge in [0.05, 0.1) is 18.8 Å². The molecule has 2 rings (SSSR count). The zero-order valence-electron chi connectivity index (χ0n) is 17.6. The van der Waals surface area contributed by atoms with Gasteiger partial charge in [-0.3, -0.25) is 10.1 Å². The number of esters is 1. The largest absolute Gasteiger partial charge is 0.494 e. The number of anilines is 1. The topological polar surface area (TPSA) is 76.7 Å². The van der Waals surface area contributed by atoms with Crippen LogP contribution in [0, 0.1) is 5.92 Å². The third kappa shape index (κ3) is 7.83. The van der Waals surface area contributed by atoms with E-state index < -0.39 is 0 Å². The van der Waals surface area contributed by atoms with Crippen molar-refractivity contribution in [2.75, 3.05) is 18.5 Å². The third-order valence-corrected chi connectivity index (χ3v) is 4.31. The Kier molecular flexibility index (Phi) is 9.28. The molecule has 6 nitrogen and oxygen atoms in total. The van der Waals surface area contributed by atoms with Crippen LogP contribution in [0.2, 0.25) is 0 Å². The summed E-state index contributed by atoms with van der Waals surface area (Å²) in [7, 11) is 0. The molecule has 0 aliphatic carbocycles. The van der Waals surface area contributed by atoms with Crippen molar-refractivity contribution in [1.29, 1.82) is 0 Å². The maximum atomic E-state index is 12.5. The van der Waals surface area contributed by atoms with Gasteiger partial charge in [0.25, 0.3) is 5.91 Å². The van der Waals surface area contributed by atoms with Crippen molar-refractivity contribution in [3.8, 4) is 5.75 Å². The molecular weight excluding hydrogens is 400 g/mol. The first kappa shape index (κ1) is 23.3. The van der Waals surface area contributed by atoms with Gasteiger partial charge in [-0.2, -0.15) is 0 Å². The molecule has 0 saturated heterocycles. The first-order valence-corrected chi connectivity index (χ1v) is 10.4. The molecule has 0 fully saturated rings. The minimum Gasteiger partial charge on any atom is -0.494 e. The summed E-state index contributed by atoms with van der Waals surface area (Å²) in [6.45, 7) is 7.19. The van der Waals surface area contributed by atoms with Crippen molar-refractivity contribution < 1.29 is 19.1 Å². The fourth-order valence-electron chi connectivity index (χ4n) is 2.44. The zero-order chi connectivity index (χ0) is 21.9. The van der Waals surface area contributed by atoms with E-state index in [1.807, 2.05) is 13.0 Å². The Labute approximate surface area is 183 Å². The van der Waals surface area contributed by atoms with Crippen LogP contribution in [-0.2, 0) is 4.74 Å². The summed E-state index contributed by atoms with van der Waals surface area (Å²) in [5, 5.41) is 5.73. The first-order valence-electron chi connectivity index (χ1n) is 10.0. The molecule has 1 amide bonds. The van der Waals surface area contributed by atoms with E-state index in [9.17, 15) is 9.59 Å². The molecule has 0 radical (unpaired) electrons. The Morgan fingerprint density at radius 1 is 1.03 bits per heavy atom. The molecule has 30 heavy (non-hydrogen) atoms. The Morgan fingerprint density at radius 3 is 2.43 bits per heavy atom. The summed E-state index contributed by atoms with van der Waals surface area (Å²) >= 11 is 5.22. The molecular formula is C23H28N2O4S. The molecule has 0 aliphatic rings. The molecule has 0 saturated carbocycles. The molecule has 2 N–H and O–H groups in total. The first-order chi connectivity index (χ1) is 14.4. The summed E-state index contributed by atoms with van der Waals surface area (Å²) in [4.78, 5) is 24.3. The van der Waals surface area contributed by atoms with Gasteiger partial charge in [0.1, 0.15) is 5.75 Å². The van der Waals surface area contributed by atoms with Crippen LogP contribution in [0.25, 0.3) is 0 Å². The second-order valence-electron chi connectivity index (χ2n) is 7.18. The van der Waals surface area contributed by atoms with E-state index in [0.717, 1.165) is 12.8 Å². The smallest absolute Gasteiger partial charge is 0.338 e. The lowest BCUT2D eigenvalue weighted by molar-refractivity contribution is 0.0505. The number of ether oxygens (including phenoxy) is 2. The predicted octanol–water partition coefficient (Wildman–Crippen LogP) is 4.81. The van der Waals surface area contributed by atoms with Crippen molar-refractivity contribution in [3.05, 3.63) is 59.7 Å². The average molecular weight is 429 g/mol. The molecule has 0 atom stereocenters. The number of carbonyl (C=O) groups excluding carboxylic acids is 2. The van der Waals surface area contributed by atoms with E-state index in [2.05, 4.69) is 24.5 Å². The highest BCUT2D eigenvalue weighted by Crippen LogP contribution is 2.15. The number of benzene rings is 2. The summed E-state index contributed by atoms with van der Waals surface area (Å²) in [6, 6.07) is 13.7. The van der Waals surface area contributed by atoms with Crippen molar-refractivity contribution in [3.63, 3.8) is 0 Å². The zero-order valence-corrected chi connectivity index (χ0v) is 18.4. The number of hydrogen-bond donors (Lipinski definition) is 2. The van der Waals surface area contributed by atoms with E-state index in [-0.39, 0.29) is 17.0 Å². The quantitative estimate of drug-likeness (QED) is 0.441. The van der Waals surface area contributed by atoms with E-state index in [1.165, 1.54) is 0 Å². The van der Waals surface area contributed by atoms with Gasteiger partial charge in [-0.05, 0) is 73.4 Å². The number of hydrogen-bond acceptors (Lipinski definition) is 5. The minimum atomic E-state index is -0.366. The van der Waals surface area contributed by atoms with E-state index in [0.29, 0.717) is 41.7 Å². The maximum Gasteiger partial charge on any atom is 0.338 e. The van der Waals surface area contributed by atoms with Crippen LogP contribution in [0.3, 0.4) is 0 Å². The number of amides is 1. The van der Waals surface area contributed by atoms with Crippen molar-refractivity contribution in [2.45, 2.75) is 33.6 Å². The number of rotatable bonds is 9. The van der Waals surface area contributed by atoms with Crippen molar-refractivity contribution >= 4 is 34.9 Å². The molecule has 0 heterocycles. The van der Waals surface area contributed by atoms with Crippen molar-refractivity contribution in [2.24, 2.45) is 5.92 Å². The minimum absolute atomic E-state index is 0.160. The molecule has 7 heteroatoms. The number of thiocarbonyl (C=S) groups is 1. The van der Waals surface area contributed by atoms with Crippen LogP contribution in [-0.4, -0.2) is 30.2 Å². The lowest BCUT2D eigenvalue weighted by Gasteiger charge is -2.12. The van der Waals surface area contributed by atoms with E-state index in [1.54, 1.807) is 42.5 Å². The van der Waals surface area contributed by atoms with Crippen molar-refractivity contribution in [1.82, 2.24) is 5.32 Å². The van der Waals surface area contributed by atoms with Gasteiger partial charge in [-0.25, -0.2) is 4.79 Å². The highest BCUT2D eigenvalue weighted by Gasteiger charge is 2.10. The average Bonchev–Trinajstić information content (AvgIpc) is 2.72. The molecule has 0 aliphatic heterocycles. The summed E-state index contributed by atoms with van der Waals surface area (Å²) in [5.41, 5.74) is 1.56. The van der Waals surface area contributed by atoms with Crippen LogP contribution >= 0.6 is 12.2 Å². The lowest BCUT2D eigenvalue weighted by atomic mass is 10.1. The monoisotopic (exact) mass is 428 g/mol. The van der Waals surface area contributed by atoms with Gasteiger partial charge in [0.2, 0.25) is 0 Å². The fraction of sp³-hybridized carbons (Fsp3) is 0.348. The highest BCUT2D eigenvalue weighted by atomic mass is 32.1. The van der Waals surface area contributed by atoms with E-state index >= 15 is 0 Å². The van der Waals surface area contributed by atoms with Gasteiger partial charge >= 0.3 is 5.97 Å². The molecule has 2 aromatic carbocycles. The number of carbonyl (C=O) groups is 2. The Bertz CT molecular complexity index is 866. The molecule has 2 aromatic rings. The fourth-order valence-corrected chi connectivity index (χ4v) is 2.66. The standard InChI is InChI=1S/C23H28N2O4S/c1-4-13-29-22(27)17-8-10-19(11-9-17)24-23(30)25-21(26)18-6-5-7-20(15-18)28-14-12-16(2)3/h5-11,15-16H,4,12-14H2,1-3H3,(H2,24,25,26,30). The third-order valence-electron chi connectivity index (χ3n) is 4.10. The van der Waals surface area contributed by atoms with Gasteiger partial charge < -0.3 is 14.8 Å². The van der Waals surface area contributed by atoms with Gasteiger partial charge in [-0.15, -0.1) is 0 Å². The van der Waals surface area contributed by atoms with Crippen LogP contribution in [0.1, 0.15) is 54.3 Å². The SMILES string of the molecule is CCCOC(=O)c1ccc(NC(=S)NC(=O)c2cccc(OCCC(C)C)c2)cc1. The van der Waals surface area contributed by atoms with Crippen LogP contribution in [0.15, 0.2) is 48.5 Å². The summed E-state index contributed by atoms with van der Waals surface area (Å²) < 4.78 is 10.8. The van der Waals surface area contributed by atoms with Crippen LogP contribution in [0.4, 0.5) is 5.69 Å². The predicted molar refractivity (Wildman–Crippen MR) is 122 cm³/mol. The second-order valence-corrected chi connectivity index (χ2v) is 7.59. The number of nitrogens with one attached hydrogen (secondary N) is 2. The van der Waals surface area contributed by atoms with Gasteiger partial charge in [0, 0.05) is 11.3 Å². The Morgan fingerprint density at radius 2 is 1.77 bits per heavy atom. The van der Waals surface area contributed by atoms with Crippen LogP contribution < -0.4 is 15.4 Å². The second kappa shape index (κ2) is 11.9. The molecule has 0 spiro atoms. The molecule has 0 bridgehead atoms. The Hall–Kier alpha value is -2.93. The molecule has 160 valence electrons.